The van der Waals surface area contributed by atoms with Crippen molar-refractivity contribution in [3.63, 3.8) is 0 Å². The van der Waals surface area contributed by atoms with Gasteiger partial charge in [-0.05, 0) is 44.5 Å². The number of sulfonamides is 1. The molecule has 0 fully saturated rings. The molecule has 92 valence electrons. The molecule has 1 aromatic carbocycles. The minimum Gasteiger partial charge on any atom is -0.207 e. The van der Waals surface area contributed by atoms with E-state index in [2.05, 4.69) is 10.6 Å². The van der Waals surface area contributed by atoms with Crippen molar-refractivity contribution in [1.29, 1.82) is 0 Å². The van der Waals surface area contributed by atoms with Crippen LogP contribution in [0.5, 0.6) is 0 Å². The Morgan fingerprint density at radius 3 is 2.47 bits per heavy atom. The number of aryl methyl sites for hydroxylation is 1. The molecule has 0 amide bonds. The number of hydrogen-bond donors (Lipinski definition) is 1. The maximum atomic E-state index is 12.9. The van der Waals surface area contributed by atoms with Crippen molar-refractivity contribution in [2.45, 2.75) is 31.2 Å². The first-order valence-electron chi connectivity index (χ1n) is 4.96. The van der Waals surface area contributed by atoms with Gasteiger partial charge in [-0.15, -0.1) is 6.42 Å². The van der Waals surface area contributed by atoms with Crippen LogP contribution in [-0.4, -0.2) is 14.0 Å². The molecular weight excluding hydrogens is 241 g/mol. The third-order valence-corrected chi connectivity index (χ3v) is 3.99. The van der Waals surface area contributed by atoms with E-state index >= 15 is 0 Å². The van der Waals surface area contributed by atoms with Gasteiger partial charge in [0.05, 0.1) is 10.4 Å². The van der Waals surface area contributed by atoms with Gasteiger partial charge in [0.2, 0.25) is 10.0 Å². The molecule has 0 unspecified atom stereocenters. The van der Waals surface area contributed by atoms with Crippen LogP contribution in [-0.2, 0) is 10.0 Å². The standard InChI is InChI=1S/C12H14FNO2S/c1-5-12(3,4)14-17(15,16)11-7-6-10(13)8-9(11)2/h1,6-8,14H,2-4H3. The molecule has 1 N–H and O–H groups in total. The van der Waals surface area contributed by atoms with Crippen LogP contribution in [0.25, 0.3) is 0 Å². The Bertz CT molecular complexity index is 571. The number of rotatable bonds is 3. The number of nitrogens with one attached hydrogen (secondary N) is 1. The molecular formula is C12H14FNO2S. The Labute approximate surface area is 101 Å². The summed E-state index contributed by atoms with van der Waals surface area (Å²) in [4.78, 5) is 0.0298. The lowest BCUT2D eigenvalue weighted by Crippen LogP contribution is -2.42. The van der Waals surface area contributed by atoms with E-state index in [0.29, 0.717) is 5.56 Å². The molecule has 0 saturated heterocycles. The normalized spacial score (nSPS) is 12.2. The fourth-order valence-corrected chi connectivity index (χ4v) is 2.91. The number of halogens is 1. The van der Waals surface area contributed by atoms with E-state index in [-0.39, 0.29) is 4.90 Å². The van der Waals surface area contributed by atoms with Crippen molar-refractivity contribution in [3.05, 3.63) is 29.6 Å². The number of hydrogen-bond acceptors (Lipinski definition) is 2. The maximum absolute atomic E-state index is 12.9. The summed E-state index contributed by atoms with van der Waals surface area (Å²) >= 11 is 0. The molecule has 0 aliphatic carbocycles. The van der Waals surface area contributed by atoms with Gasteiger partial charge in [-0.25, -0.2) is 12.8 Å². The predicted molar refractivity (Wildman–Crippen MR) is 64.4 cm³/mol. The van der Waals surface area contributed by atoms with Crippen molar-refractivity contribution >= 4 is 10.0 Å². The Hall–Kier alpha value is -1.38. The van der Waals surface area contributed by atoms with E-state index in [9.17, 15) is 12.8 Å². The first-order chi connectivity index (χ1) is 7.68. The topological polar surface area (TPSA) is 46.2 Å². The number of benzene rings is 1. The first kappa shape index (κ1) is 13.7. The minimum atomic E-state index is -3.74. The molecule has 0 saturated carbocycles. The molecule has 0 radical (unpaired) electrons. The molecule has 0 aliphatic rings. The van der Waals surface area contributed by atoms with Gasteiger partial charge in [0.15, 0.2) is 0 Å². The van der Waals surface area contributed by atoms with Crippen LogP contribution in [0, 0.1) is 25.1 Å². The molecule has 0 spiro atoms. The third-order valence-electron chi connectivity index (χ3n) is 2.18. The smallest absolute Gasteiger partial charge is 0.207 e. The van der Waals surface area contributed by atoms with Gasteiger partial charge in [0, 0.05) is 0 Å². The summed E-state index contributed by atoms with van der Waals surface area (Å²) in [6.07, 6.45) is 5.22. The summed E-state index contributed by atoms with van der Waals surface area (Å²) in [6, 6.07) is 3.49. The summed E-state index contributed by atoms with van der Waals surface area (Å²) in [5, 5.41) is 0. The molecule has 17 heavy (non-hydrogen) atoms. The largest absolute Gasteiger partial charge is 0.242 e. The van der Waals surface area contributed by atoms with E-state index in [1.54, 1.807) is 13.8 Å². The monoisotopic (exact) mass is 255 g/mol. The molecule has 3 nitrogen and oxygen atoms in total. The van der Waals surface area contributed by atoms with Gasteiger partial charge in [-0.1, -0.05) is 5.92 Å². The molecule has 5 heteroatoms. The zero-order valence-electron chi connectivity index (χ0n) is 9.91. The van der Waals surface area contributed by atoms with Crippen LogP contribution in [0.1, 0.15) is 19.4 Å². The van der Waals surface area contributed by atoms with Crippen LogP contribution < -0.4 is 4.72 Å². The lowest BCUT2D eigenvalue weighted by atomic mass is 10.1. The predicted octanol–water partition coefficient (Wildman–Crippen LogP) is 1.82. The van der Waals surface area contributed by atoms with Crippen LogP contribution in [0.15, 0.2) is 23.1 Å². The van der Waals surface area contributed by atoms with Crippen molar-refractivity contribution in [2.24, 2.45) is 0 Å². The first-order valence-corrected chi connectivity index (χ1v) is 6.44. The highest BCUT2D eigenvalue weighted by Crippen LogP contribution is 2.18. The summed E-state index contributed by atoms with van der Waals surface area (Å²) in [5.41, 5.74) is -0.648. The van der Waals surface area contributed by atoms with Crippen molar-refractivity contribution in [1.82, 2.24) is 4.72 Å². The average molecular weight is 255 g/mol. The molecule has 0 atom stereocenters. The van der Waals surface area contributed by atoms with Crippen LogP contribution in [0.4, 0.5) is 4.39 Å². The second kappa shape index (κ2) is 4.47. The zero-order valence-corrected chi connectivity index (χ0v) is 10.7. The van der Waals surface area contributed by atoms with Gasteiger partial charge in [-0.2, -0.15) is 4.72 Å². The lowest BCUT2D eigenvalue weighted by molar-refractivity contribution is 0.538. The van der Waals surface area contributed by atoms with E-state index in [1.807, 2.05) is 0 Å². The van der Waals surface area contributed by atoms with E-state index in [4.69, 9.17) is 6.42 Å². The van der Waals surface area contributed by atoms with Gasteiger partial charge < -0.3 is 0 Å². The van der Waals surface area contributed by atoms with E-state index in [0.717, 1.165) is 12.1 Å². The van der Waals surface area contributed by atoms with Crippen LogP contribution in [0.3, 0.4) is 0 Å². The second-order valence-corrected chi connectivity index (χ2v) is 5.94. The van der Waals surface area contributed by atoms with Gasteiger partial charge in [0.1, 0.15) is 5.82 Å². The maximum Gasteiger partial charge on any atom is 0.242 e. The molecule has 1 rings (SSSR count). The van der Waals surface area contributed by atoms with E-state index in [1.165, 1.54) is 13.0 Å². The van der Waals surface area contributed by atoms with Gasteiger partial charge >= 0.3 is 0 Å². The SMILES string of the molecule is C#CC(C)(C)NS(=O)(=O)c1ccc(F)cc1C. The van der Waals surface area contributed by atoms with Crippen LogP contribution >= 0.6 is 0 Å². The quantitative estimate of drug-likeness (QED) is 0.837. The highest BCUT2D eigenvalue weighted by molar-refractivity contribution is 7.89. The van der Waals surface area contributed by atoms with Crippen LogP contribution in [0.2, 0.25) is 0 Å². The summed E-state index contributed by atoms with van der Waals surface area (Å²) in [5.74, 6) is 1.86. The third kappa shape index (κ3) is 3.29. The zero-order chi connectivity index (χ0) is 13.3. The molecule has 0 bridgehead atoms. The summed E-state index contributed by atoms with van der Waals surface area (Å²) < 4.78 is 39.3. The molecule has 1 aromatic rings. The van der Waals surface area contributed by atoms with Gasteiger partial charge in [-0.3, -0.25) is 0 Å². The lowest BCUT2D eigenvalue weighted by Gasteiger charge is -2.20. The fourth-order valence-electron chi connectivity index (χ4n) is 1.33. The fraction of sp³-hybridized carbons (Fsp3) is 0.333. The Morgan fingerprint density at radius 2 is 2.00 bits per heavy atom. The second-order valence-electron chi connectivity index (χ2n) is 4.28. The number of terminal acetylenes is 1. The minimum absolute atomic E-state index is 0.0298. The van der Waals surface area contributed by atoms with Gasteiger partial charge in [0.25, 0.3) is 0 Å². The average Bonchev–Trinajstić information content (AvgIpc) is 2.15. The molecule has 0 aliphatic heterocycles. The molecule has 0 aromatic heterocycles. The molecule has 0 heterocycles. The van der Waals surface area contributed by atoms with E-state index < -0.39 is 21.4 Å². The van der Waals surface area contributed by atoms with Crippen molar-refractivity contribution < 1.29 is 12.8 Å². The summed E-state index contributed by atoms with van der Waals surface area (Å²) in [6.45, 7) is 4.67. The highest BCUT2D eigenvalue weighted by Gasteiger charge is 2.25. The highest BCUT2D eigenvalue weighted by atomic mass is 32.2. The Kier molecular flexibility index (Phi) is 3.60. The van der Waals surface area contributed by atoms with Crippen molar-refractivity contribution in [3.8, 4) is 12.3 Å². The summed E-state index contributed by atoms with van der Waals surface area (Å²) in [7, 11) is -3.74. The van der Waals surface area contributed by atoms with Crippen molar-refractivity contribution in [2.75, 3.05) is 0 Å². The Morgan fingerprint density at radius 1 is 1.41 bits per heavy atom. The Balaban J connectivity index is 3.20.